The largest absolute Gasteiger partial charge is 0.726 e. The highest BCUT2D eigenvalue weighted by Crippen LogP contribution is 2.67. The maximum atomic E-state index is 12.2. The molecule has 0 N–H and O–H groups in total. The lowest BCUT2D eigenvalue weighted by atomic mass is 9.44. The van der Waals surface area contributed by atoms with Gasteiger partial charge in [0, 0.05) is 5.92 Å². The Balaban J connectivity index is 1.53. The van der Waals surface area contributed by atoms with E-state index >= 15 is 0 Å². The van der Waals surface area contributed by atoms with Crippen LogP contribution in [0.5, 0.6) is 0 Å². The quantitative estimate of drug-likeness (QED) is 0.529. The van der Waals surface area contributed by atoms with Gasteiger partial charge in [0.2, 0.25) is 10.4 Å². The number of fused-ring (bicyclic) bond motifs is 5. The summed E-state index contributed by atoms with van der Waals surface area (Å²) in [5, 5.41) is 0. The fourth-order valence-electron chi connectivity index (χ4n) is 8.14. The molecule has 0 aromatic heterocycles. The first kappa shape index (κ1) is 19.8. The lowest BCUT2D eigenvalue weighted by molar-refractivity contribution is -0.137. The average Bonchev–Trinajstić information content (AvgIpc) is 2.91. The molecule has 0 heterocycles. The Morgan fingerprint density at radius 3 is 2.30 bits per heavy atom. The Kier molecular flexibility index (Phi) is 4.80. The molecule has 4 aliphatic rings. The van der Waals surface area contributed by atoms with Crippen LogP contribution in [0.1, 0.15) is 78.6 Å². The molecular formula is C21H33O5S-. The summed E-state index contributed by atoms with van der Waals surface area (Å²) in [5.41, 5.74) is 0.387. The fourth-order valence-corrected chi connectivity index (χ4v) is 8.65. The van der Waals surface area contributed by atoms with Gasteiger partial charge in [-0.25, -0.2) is 8.42 Å². The lowest BCUT2D eigenvalue weighted by Crippen LogP contribution is -2.54. The van der Waals surface area contributed by atoms with E-state index in [0.717, 1.165) is 25.7 Å². The van der Waals surface area contributed by atoms with Gasteiger partial charge in [-0.3, -0.25) is 8.98 Å². The third-order valence-corrected chi connectivity index (χ3v) is 9.87. The van der Waals surface area contributed by atoms with Crippen LogP contribution in [0, 0.1) is 40.4 Å². The van der Waals surface area contributed by atoms with E-state index in [9.17, 15) is 17.8 Å². The van der Waals surface area contributed by atoms with E-state index in [4.69, 9.17) is 4.18 Å². The summed E-state index contributed by atoms with van der Waals surface area (Å²) in [6.45, 7) is 6.54. The number of hydrogen-bond donors (Lipinski definition) is 0. The Morgan fingerprint density at radius 2 is 1.63 bits per heavy atom. The minimum Gasteiger partial charge on any atom is -0.726 e. The molecule has 0 aromatic rings. The van der Waals surface area contributed by atoms with Gasteiger partial charge in [0.15, 0.2) is 0 Å². The second-order valence-electron chi connectivity index (χ2n) is 10.3. The molecule has 0 aromatic carbocycles. The predicted molar refractivity (Wildman–Crippen MR) is 100 cm³/mol. The van der Waals surface area contributed by atoms with Crippen LogP contribution in [0.2, 0.25) is 0 Å². The van der Waals surface area contributed by atoms with Gasteiger partial charge in [0.05, 0.1) is 6.10 Å². The molecule has 0 bridgehead atoms. The van der Waals surface area contributed by atoms with Crippen molar-refractivity contribution in [1.29, 1.82) is 0 Å². The van der Waals surface area contributed by atoms with Crippen LogP contribution >= 0.6 is 0 Å². The van der Waals surface area contributed by atoms with Crippen molar-refractivity contribution in [2.75, 3.05) is 0 Å². The van der Waals surface area contributed by atoms with Crippen molar-refractivity contribution in [3.05, 3.63) is 0 Å². The van der Waals surface area contributed by atoms with E-state index in [2.05, 4.69) is 13.8 Å². The zero-order chi connectivity index (χ0) is 19.6. The van der Waals surface area contributed by atoms with E-state index in [1.165, 1.54) is 19.3 Å². The summed E-state index contributed by atoms with van der Waals surface area (Å²) in [4.78, 5) is 12.2. The van der Waals surface area contributed by atoms with Crippen molar-refractivity contribution in [3.63, 3.8) is 0 Å². The Morgan fingerprint density at radius 1 is 0.963 bits per heavy atom. The molecule has 0 radical (unpaired) electrons. The highest BCUT2D eigenvalue weighted by molar-refractivity contribution is 7.80. The molecule has 0 spiro atoms. The molecule has 154 valence electrons. The Hall–Kier alpha value is -0.460. The van der Waals surface area contributed by atoms with Gasteiger partial charge in [-0.05, 0) is 99.2 Å². The van der Waals surface area contributed by atoms with Crippen molar-refractivity contribution >= 4 is 16.2 Å². The summed E-state index contributed by atoms with van der Waals surface area (Å²) in [6.07, 6.45) is 8.68. The van der Waals surface area contributed by atoms with Crippen molar-refractivity contribution < 1.29 is 21.9 Å². The molecule has 0 saturated heterocycles. The van der Waals surface area contributed by atoms with Crippen LogP contribution in [-0.2, 0) is 19.4 Å². The number of Topliss-reactive ketones (excluding diaryl/α,β-unsaturated/α-hetero) is 1. The minimum atomic E-state index is -4.62. The molecule has 4 aliphatic carbocycles. The zero-order valence-corrected chi connectivity index (χ0v) is 17.6. The molecule has 4 fully saturated rings. The maximum absolute atomic E-state index is 12.2. The SMILES string of the molecule is CC(=O)[C@H]1CC[C@H]2[C@@H]3CC[C@@H]4C[C@H](OS(=O)(=O)[O-])CC[C@]4(C)[C@H]3CC[C@]12C. The van der Waals surface area contributed by atoms with Crippen LogP contribution in [0.4, 0.5) is 0 Å². The third-order valence-electron chi connectivity index (χ3n) is 9.36. The molecule has 5 nitrogen and oxygen atoms in total. The summed E-state index contributed by atoms with van der Waals surface area (Å²) < 4.78 is 37.8. The van der Waals surface area contributed by atoms with Crippen LogP contribution in [0.3, 0.4) is 0 Å². The van der Waals surface area contributed by atoms with E-state index < -0.39 is 16.5 Å². The number of ketones is 1. The van der Waals surface area contributed by atoms with E-state index in [1.54, 1.807) is 6.92 Å². The molecule has 6 heteroatoms. The van der Waals surface area contributed by atoms with Gasteiger partial charge in [0.1, 0.15) is 5.78 Å². The molecule has 4 rings (SSSR count). The average molecular weight is 398 g/mol. The summed E-state index contributed by atoms with van der Waals surface area (Å²) in [7, 11) is -4.62. The lowest BCUT2D eigenvalue weighted by Gasteiger charge is -2.61. The number of carbonyl (C=O) groups excluding carboxylic acids is 1. The van der Waals surface area contributed by atoms with E-state index in [0.29, 0.717) is 42.3 Å². The second kappa shape index (κ2) is 6.53. The smallest absolute Gasteiger partial charge is 0.217 e. The van der Waals surface area contributed by atoms with Crippen molar-refractivity contribution in [3.8, 4) is 0 Å². The highest BCUT2D eigenvalue weighted by atomic mass is 32.3. The van der Waals surface area contributed by atoms with Gasteiger partial charge < -0.3 is 4.55 Å². The molecular weight excluding hydrogens is 364 g/mol. The Bertz CT molecular complexity index is 718. The van der Waals surface area contributed by atoms with E-state index in [1.807, 2.05) is 0 Å². The predicted octanol–water partition coefficient (Wildman–Crippen LogP) is 4.08. The molecule has 27 heavy (non-hydrogen) atoms. The monoisotopic (exact) mass is 397 g/mol. The van der Waals surface area contributed by atoms with Crippen molar-refractivity contribution in [1.82, 2.24) is 0 Å². The molecule has 0 unspecified atom stereocenters. The molecule has 0 amide bonds. The van der Waals surface area contributed by atoms with Gasteiger partial charge in [-0.1, -0.05) is 13.8 Å². The van der Waals surface area contributed by atoms with Crippen LogP contribution in [-0.4, -0.2) is 24.9 Å². The number of carbonyl (C=O) groups is 1. The normalized spacial score (nSPS) is 49.8. The zero-order valence-electron chi connectivity index (χ0n) is 16.8. The number of rotatable bonds is 3. The van der Waals surface area contributed by atoms with Crippen LogP contribution in [0.15, 0.2) is 0 Å². The summed E-state index contributed by atoms with van der Waals surface area (Å²) >= 11 is 0. The van der Waals surface area contributed by atoms with Gasteiger partial charge in [-0.2, -0.15) is 0 Å². The van der Waals surface area contributed by atoms with Gasteiger partial charge >= 0.3 is 0 Å². The van der Waals surface area contributed by atoms with Gasteiger partial charge in [-0.15, -0.1) is 0 Å². The van der Waals surface area contributed by atoms with Crippen LogP contribution < -0.4 is 0 Å². The Labute approximate surface area is 163 Å². The highest BCUT2D eigenvalue weighted by Gasteiger charge is 2.60. The molecule has 8 atom stereocenters. The van der Waals surface area contributed by atoms with Crippen molar-refractivity contribution in [2.45, 2.75) is 84.7 Å². The first-order chi connectivity index (χ1) is 12.5. The van der Waals surface area contributed by atoms with Crippen molar-refractivity contribution in [2.24, 2.45) is 40.4 Å². The maximum Gasteiger partial charge on any atom is 0.217 e. The topological polar surface area (TPSA) is 83.5 Å². The van der Waals surface area contributed by atoms with Crippen LogP contribution in [0.25, 0.3) is 0 Å². The third kappa shape index (κ3) is 3.20. The van der Waals surface area contributed by atoms with Gasteiger partial charge in [0.25, 0.3) is 0 Å². The standard InChI is InChI=1S/C21H34O5S/c1-13(22)17-6-7-18-16-5-4-14-12-15(26-27(23,24)25)8-10-20(14,2)19(16)9-11-21(17,18)3/h14-19H,4-12H2,1-3H3,(H,23,24,25)/p-1/t14-,15-,16+,17-,18+,19+,20+,21-/m1/s1. The summed E-state index contributed by atoms with van der Waals surface area (Å²) in [5.74, 6) is 3.04. The molecule has 4 saturated carbocycles. The van der Waals surface area contributed by atoms with E-state index in [-0.39, 0.29) is 16.7 Å². The number of hydrogen-bond acceptors (Lipinski definition) is 5. The first-order valence-electron chi connectivity index (χ1n) is 10.7. The molecule has 0 aliphatic heterocycles. The minimum absolute atomic E-state index is 0.174. The fraction of sp³-hybridized carbons (Fsp3) is 0.952. The first-order valence-corrected chi connectivity index (χ1v) is 12.0. The second-order valence-corrected chi connectivity index (χ2v) is 11.4. The summed E-state index contributed by atoms with van der Waals surface area (Å²) in [6, 6.07) is 0.